The third-order valence-corrected chi connectivity index (χ3v) is 3.52. The van der Waals surface area contributed by atoms with Gasteiger partial charge in [-0.3, -0.25) is 4.98 Å². The topological polar surface area (TPSA) is 50.2 Å². The van der Waals surface area contributed by atoms with Crippen LogP contribution in [0, 0.1) is 6.92 Å². The lowest BCUT2D eigenvalue weighted by molar-refractivity contribution is 0.0702. The molecule has 0 radical (unpaired) electrons. The van der Waals surface area contributed by atoms with Crippen molar-refractivity contribution in [3.05, 3.63) is 51.5 Å². The molecule has 0 aromatic carbocycles. The molecule has 0 atom stereocenters. The second-order valence-corrected chi connectivity index (χ2v) is 4.66. The highest BCUT2D eigenvalue weighted by Gasteiger charge is 2.11. The highest BCUT2D eigenvalue weighted by molar-refractivity contribution is 7.14. The minimum absolute atomic E-state index is 0.392. The molecule has 2 aromatic rings. The van der Waals surface area contributed by atoms with E-state index < -0.39 is 5.97 Å². The molecule has 4 heteroatoms. The van der Waals surface area contributed by atoms with E-state index >= 15 is 0 Å². The van der Waals surface area contributed by atoms with Crippen molar-refractivity contribution in [2.45, 2.75) is 13.3 Å². The van der Waals surface area contributed by atoms with Gasteiger partial charge in [0.25, 0.3) is 0 Å². The second-order valence-electron chi connectivity index (χ2n) is 3.52. The molecule has 2 heterocycles. The Morgan fingerprint density at radius 1 is 1.50 bits per heavy atom. The van der Waals surface area contributed by atoms with Crippen molar-refractivity contribution >= 4 is 17.3 Å². The number of nitrogens with zero attached hydrogens (tertiary/aromatic N) is 1. The molecule has 2 aromatic heterocycles. The van der Waals surface area contributed by atoms with Crippen molar-refractivity contribution in [2.75, 3.05) is 0 Å². The minimum atomic E-state index is -0.861. The molecule has 0 amide bonds. The van der Waals surface area contributed by atoms with E-state index in [4.69, 9.17) is 5.11 Å². The first-order valence-corrected chi connectivity index (χ1v) is 5.71. The molecule has 0 aliphatic heterocycles. The van der Waals surface area contributed by atoms with Crippen LogP contribution >= 0.6 is 11.3 Å². The zero-order valence-corrected chi connectivity index (χ0v) is 9.62. The van der Waals surface area contributed by atoms with Gasteiger partial charge in [-0.2, -0.15) is 0 Å². The number of pyridine rings is 1. The van der Waals surface area contributed by atoms with Crippen molar-refractivity contribution in [1.29, 1.82) is 0 Å². The van der Waals surface area contributed by atoms with E-state index in [2.05, 4.69) is 4.98 Å². The fraction of sp³-hybridized carbons (Fsp3) is 0.167. The van der Waals surface area contributed by atoms with E-state index in [9.17, 15) is 4.79 Å². The summed E-state index contributed by atoms with van der Waals surface area (Å²) in [5.74, 6) is -0.861. The molecule has 0 fully saturated rings. The van der Waals surface area contributed by atoms with Crippen molar-refractivity contribution in [2.24, 2.45) is 0 Å². The van der Waals surface area contributed by atoms with Crippen LogP contribution in [0.25, 0.3) is 0 Å². The summed E-state index contributed by atoms with van der Waals surface area (Å²) in [7, 11) is 0. The average molecular weight is 233 g/mol. The molecule has 0 saturated carbocycles. The summed E-state index contributed by atoms with van der Waals surface area (Å²) in [6.45, 7) is 1.93. The van der Waals surface area contributed by atoms with Crippen molar-refractivity contribution in [3.63, 3.8) is 0 Å². The standard InChI is InChI=1S/C12H11NO2S/c1-8-6-11(12(14)15)16-10(8)7-9-4-2-3-5-13-9/h2-6H,7H2,1H3,(H,14,15). The van der Waals surface area contributed by atoms with Crippen LogP contribution in [0.2, 0.25) is 0 Å². The van der Waals surface area contributed by atoms with Gasteiger partial charge in [-0.15, -0.1) is 11.3 Å². The van der Waals surface area contributed by atoms with Crippen LogP contribution in [-0.2, 0) is 6.42 Å². The fourth-order valence-corrected chi connectivity index (χ4v) is 2.50. The quantitative estimate of drug-likeness (QED) is 0.886. The Labute approximate surface area is 97.4 Å². The van der Waals surface area contributed by atoms with E-state index in [-0.39, 0.29) is 0 Å². The van der Waals surface area contributed by atoms with Gasteiger partial charge in [-0.25, -0.2) is 4.79 Å². The minimum Gasteiger partial charge on any atom is -0.477 e. The van der Waals surface area contributed by atoms with Crippen molar-refractivity contribution in [1.82, 2.24) is 4.98 Å². The van der Waals surface area contributed by atoms with E-state index in [1.165, 1.54) is 11.3 Å². The third-order valence-electron chi connectivity index (χ3n) is 2.30. The van der Waals surface area contributed by atoms with Gasteiger partial charge in [0.1, 0.15) is 4.88 Å². The lowest BCUT2D eigenvalue weighted by Gasteiger charge is -1.98. The number of hydrogen-bond acceptors (Lipinski definition) is 3. The third kappa shape index (κ3) is 2.28. The molecule has 1 N–H and O–H groups in total. The van der Waals surface area contributed by atoms with Crippen LogP contribution < -0.4 is 0 Å². The zero-order chi connectivity index (χ0) is 11.5. The summed E-state index contributed by atoms with van der Waals surface area (Å²) >= 11 is 1.32. The lowest BCUT2D eigenvalue weighted by Crippen LogP contribution is -1.90. The Kier molecular flexibility index (Phi) is 3.01. The molecule has 3 nitrogen and oxygen atoms in total. The summed E-state index contributed by atoms with van der Waals surface area (Å²) < 4.78 is 0. The number of aromatic carboxylic acids is 1. The Morgan fingerprint density at radius 3 is 2.88 bits per heavy atom. The average Bonchev–Trinajstić information content (AvgIpc) is 2.62. The number of hydrogen-bond donors (Lipinski definition) is 1. The first-order valence-electron chi connectivity index (χ1n) is 4.89. The zero-order valence-electron chi connectivity index (χ0n) is 8.80. The Hall–Kier alpha value is -1.68. The van der Waals surface area contributed by atoms with Gasteiger partial charge in [0.15, 0.2) is 0 Å². The van der Waals surface area contributed by atoms with Crippen LogP contribution in [-0.4, -0.2) is 16.1 Å². The van der Waals surface area contributed by atoms with Gasteiger partial charge >= 0.3 is 5.97 Å². The van der Waals surface area contributed by atoms with Gasteiger partial charge < -0.3 is 5.11 Å². The van der Waals surface area contributed by atoms with Crippen LogP contribution in [0.1, 0.15) is 25.8 Å². The molecule has 82 valence electrons. The number of carboxylic acids is 1. The predicted octanol–water partition coefficient (Wildman–Crippen LogP) is 2.74. The maximum absolute atomic E-state index is 10.8. The van der Waals surface area contributed by atoms with E-state index in [0.29, 0.717) is 11.3 Å². The first kappa shape index (κ1) is 10.8. The fourth-order valence-electron chi connectivity index (χ4n) is 1.47. The monoisotopic (exact) mass is 233 g/mol. The maximum Gasteiger partial charge on any atom is 0.345 e. The summed E-state index contributed by atoms with van der Waals surface area (Å²) in [5.41, 5.74) is 1.98. The van der Waals surface area contributed by atoms with Gasteiger partial charge in [0.2, 0.25) is 0 Å². The molecule has 0 saturated heterocycles. The van der Waals surface area contributed by atoms with E-state index in [0.717, 1.165) is 16.1 Å². The van der Waals surface area contributed by atoms with Gasteiger partial charge in [0.05, 0.1) is 0 Å². The molecule has 0 spiro atoms. The van der Waals surface area contributed by atoms with Crippen molar-refractivity contribution in [3.8, 4) is 0 Å². The molecule has 16 heavy (non-hydrogen) atoms. The largest absolute Gasteiger partial charge is 0.477 e. The van der Waals surface area contributed by atoms with Crippen molar-refractivity contribution < 1.29 is 9.90 Å². The highest BCUT2D eigenvalue weighted by atomic mass is 32.1. The Balaban J connectivity index is 2.25. The summed E-state index contributed by atoms with van der Waals surface area (Å²) in [5, 5.41) is 8.88. The number of carboxylic acid groups (broad SMARTS) is 1. The van der Waals surface area contributed by atoms with Gasteiger partial charge in [-0.05, 0) is 30.7 Å². The normalized spacial score (nSPS) is 10.3. The van der Waals surface area contributed by atoms with Crippen LogP contribution in [0.5, 0.6) is 0 Å². The van der Waals surface area contributed by atoms with E-state index in [1.54, 1.807) is 12.3 Å². The van der Waals surface area contributed by atoms with Gasteiger partial charge in [-0.1, -0.05) is 6.07 Å². The number of aryl methyl sites for hydroxylation is 1. The molecule has 0 unspecified atom stereocenters. The molecule has 2 rings (SSSR count). The summed E-state index contributed by atoms with van der Waals surface area (Å²) in [4.78, 5) is 16.5. The number of carbonyl (C=O) groups is 1. The summed E-state index contributed by atoms with van der Waals surface area (Å²) in [6, 6.07) is 7.46. The molecular formula is C12H11NO2S. The first-order chi connectivity index (χ1) is 7.66. The highest BCUT2D eigenvalue weighted by Crippen LogP contribution is 2.24. The van der Waals surface area contributed by atoms with Crippen LogP contribution in [0.4, 0.5) is 0 Å². The van der Waals surface area contributed by atoms with E-state index in [1.807, 2.05) is 25.1 Å². The van der Waals surface area contributed by atoms with Crippen LogP contribution in [0.3, 0.4) is 0 Å². The summed E-state index contributed by atoms with van der Waals surface area (Å²) in [6.07, 6.45) is 2.45. The molecule has 0 bridgehead atoms. The number of thiophene rings is 1. The molecule has 0 aliphatic rings. The SMILES string of the molecule is Cc1cc(C(=O)O)sc1Cc1ccccn1. The maximum atomic E-state index is 10.8. The Bertz CT molecular complexity index is 505. The number of aromatic nitrogens is 1. The lowest BCUT2D eigenvalue weighted by atomic mass is 10.2. The van der Waals surface area contributed by atoms with Crippen LogP contribution in [0.15, 0.2) is 30.5 Å². The second kappa shape index (κ2) is 4.45. The Morgan fingerprint density at radius 2 is 2.31 bits per heavy atom. The smallest absolute Gasteiger partial charge is 0.345 e. The van der Waals surface area contributed by atoms with Gasteiger partial charge in [0, 0.05) is 23.2 Å². The number of rotatable bonds is 3. The molecular weight excluding hydrogens is 222 g/mol. The molecule has 0 aliphatic carbocycles. The predicted molar refractivity (Wildman–Crippen MR) is 63.1 cm³/mol.